The van der Waals surface area contributed by atoms with Gasteiger partial charge in [-0.3, -0.25) is 4.79 Å². The van der Waals surface area contributed by atoms with E-state index in [2.05, 4.69) is 22.2 Å². The number of nitrogens with one attached hydrogen (secondary N) is 1. The van der Waals surface area contributed by atoms with Crippen LogP contribution in [0.25, 0.3) is 0 Å². The molecule has 1 fully saturated rings. The molecule has 0 unspecified atom stereocenters. The quantitative estimate of drug-likeness (QED) is 0.904. The Hall–Kier alpha value is -1.82. The van der Waals surface area contributed by atoms with Crippen LogP contribution in [0.1, 0.15) is 10.4 Å². The van der Waals surface area contributed by atoms with E-state index in [4.69, 9.17) is 23.2 Å². The van der Waals surface area contributed by atoms with Crippen LogP contribution in [0.3, 0.4) is 0 Å². The molecule has 1 amide bonds. The third-order valence-electron chi connectivity index (χ3n) is 3.99. The monoisotopic (exact) mass is 364 g/mol. The molecule has 1 aliphatic rings. The second-order valence-corrected chi connectivity index (χ2v) is 6.62. The van der Waals surface area contributed by atoms with E-state index in [-0.39, 0.29) is 5.91 Å². The number of rotatable bonds is 3. The second-order valence-electron chi connectivity index (χ2n) is 5.78. The number of aromatic nitrogens is 1. The third-order valence-corrected chi connectivity index (χ3v) is 4.56. The van der Waals surface area contributed by atoms with Crippen LogP contribution in [0.2, 0.25) is 10.0 Å². The minimum absolute atomic E-state index is 0.0166. The summed E-state index contributed by atoms with van der Waals surface area (Å²) >= 11 is 12.1. The molecule has 1 aliphatic heterocycles. The largest absolute Gasteiger partial charge is 0.339 e. The first-order valence-electron chi connectivity index (χ1n) is 7.69. The summed E-state index contributed by atoms with van der Waals surface area (Å²) in [6.45, 7) is 3.28. The summed E-state index contributed by atoms with van der Waals surface area (Å²) in [5.74, 6) is 0.622. The average Bonchev–Trinajstić information content (AvgIpc) is 2.59. The maximum absolute atomic E-state index is 12.5. The number of hydrogen-bond donors (Lipinski definition) is 1. The summed E-state index contributed by atoms with van der Waals surface area (Å²) in [4.78, 5) is 20.9. The standard InChI is InChI=1S/C17H18Cl2N4O/c1-22-6-8-23(9-7-22)17(24)12-2-5-16(20-11-12)21-15-10-13(18)3-4-14(15)19/h2-5,10-11H,6-9H2,1H3,(H,20,21). The number of nitrogens with zero attached hydrogens (tertiary/aromatic N) is 3. The number of halogens is 2. The fourth-order valence-corrected chi connectivity index (χ4v) is 2.85. The van der Waals surface area contributed by atoms with Crippen LogP contribution < -0.4 is 5.32 Å². The molecule has 24 heavy (non-hydrogen) atoms. The highest BCUT2D eigenvalue weighted by Gasteiger charge is 2.20. The molecule has 126 valence electrons. The lowest BCUT2D eigenvalue weighted by atomic mass is 10.2. The van der Waals surface area contributed by atoms with Crippen LogP contribution in [-0.4, -0.2) is 53.9 Å². The third kappa shape index (κ3) is 3.98. The topological polar surface area (TPSA) is 48.5 Å². The van der Waals surface area contributed by atoms with Crippen LogP contribution >= 0.6 is 23.2 Å². The molecule has 1 aromatic carbocycles. The molecule has 0 bridgehead atoms. The van der Waals surface area contributed by atoms with Gasteiger partial charge in [-0.2, -0.15) is 0 Å². The average molecular weight is 365 g/mol. The van der Waals surface area contributed by atoms with Crippen molar-refractivity contribution in [3.05, 3.63) is 52.1 Å². The Kier molecular flexibility index (Phi) is 5.23. The van der Waals surface area contributed by atoms with Gasteiger partial charge in [0.2, 0.25) is 0 Å². The van der Waals surface area contributed by atoms with Crippen LogP contribution in [0.4, 0.5) is 11.5 Å². The van der Waals surface area contributed by atoms with E-state index in [0.717, 1.165) is 26.2 Å². The molecule has 1 saturated heterocycles. The molecule has 1 aromatic heterocycles. The van der Waals surface area contributed by atoms with Gasteiger partial charge in [0.25, 0.3) is 5.91 Å². The number of pyridine rings is 1. The van der Waals surface area contributed by atoms with Gasteiger partial charge < -0.3 is 15.1 Å². The Morgan fingerprint density at radius 1 is 1.12 bits per heavy atom. The molecule has 0 saturated carbocycles. The molecule has 0 spiro atoms. The lowest BCUT2D eigenvalue weighted by molar-refractivity contribution is 0.0663. The Balaban J connectivity index is 1.69. The first kappa shape index (κ1) is 17.0. The Morgan fingerprint density at radius 3 is 2.54 bits per heavy atom. The SMILES string of the molecule is CN1CCN(C(=O)c2ccc(Nc3cc(Cl)ccc3Cl)nc2)CC1. The van der Waals surface area contributed by atoms with E-state index >= 15 is 0 Å². The van der Waals surface area contributed by atoms with Crippen molar-refractivity contribution in [2.24, 2.45) is 0 Å². The lowest BCUT2D eigenvalue weighted by Crippen LogP contribution is -2.47. The van der Waals surface area contributed by atoms with E-state index in [1.807, 2.05) is 4.90 Å². The van der Waals surface area contributed by atoms with Crippen LogP contribution in [-0.2, 0) is 0 Å². The van der Waals surface area contributed by atoms with Gasteiger partial charge in [-0.15, -0.1) is 0 Å². The number of hydrogen-bond acceptors (Lipinski definition) is 4. The van der Waals surface area contributed by atoms with Gasteiger partial charge in [0.05, 0.1) is 16.3 Å². The predicted molar refractivity (Wildman–Crippen MR) is 97.4 cm³/mol. The van der Waals surface area contributed by atoms with Gasteiger partial charge in [0, 0.05) is 37.4 Å². The molecule has 2 heterocycles. The summed E-state index contributed by atoms with van der Waals surface area (Å²) in [5.41, 5.74) is 1.26. The van der Waals surface area contributed by atoms with Gasteiger partial charge in [-0.05, 0) is 37.4 Å². The van der Waals surface area contributed by atoms with E-state index in [1.165, 1.54) is 0 Å². The van der Waals surface area contributed by atoms with E-state index < -0.39 is 0 Å². The Labute approximate surface area is 151 Å². The maximum atomic E-state index is 12.5. The molecule has 1 N–H and O–H groups in total. The zero-order valence-corrected chi connectivity index (χ0v) is 14.8. The Morgan fingerprint density at radius 2 is 1.88 bits per heavy atom. The first-order valence-corrected chi connectivity index (χ1v) is 8.44. The van der Waals surface area contributed by atoms with Gasteiger partial charge in [0.15, 0.2) is 0 Å². The van der Waals surface area contributed by atoms with Crippen molar-refractivity contribution in [2.45, 2.75) is 0 Å². The van der Waals surface area contributed by atoms with Crippen LogP contribution in [0, 0.1) is 0 Å². The highest BCUT2D eigenvalue weighted by atomic mass is 35.5. The minimum Gasteiger partial charge on any atom is -0.339 e. The number of amides is 1. The van der Waals surface area contributed by atoms with Crippen molar-refractivity contribution in [3.63, 3.8) is 0 Å². The molecule has 0 aliphatic carbocycles. The summed E-state index contributed by atoms with van der Waals surface area (Å²) in [7, 11) is 2.06. The smallest absolute Gasteiger partial charge is 0.255 e. The summed E-state index contributed by atoms with van der Waals surface area (Å²) in [6.07, 6.45) is 1.58. The number of likely N-dealkylation sites (N-methyl/N-ethyl adjacent to an activating group) is 1. The van der Waals surface area contributed by atoms with Crippen molar-refractivity contribution < 1.29 is 4.79 Å². The summed E-state index contributed by atoms with van der Waals surface area (Å²) < 4.78 is 0. The number of carbonyl (C=O) groups is 1. The molecule has 0 radical (unpaired) electrons. The number of anilines is 2. The van der Waals surface area contributed by atoms with Crippen molar-refractivity contribution in [1.29, 1.82) is 0 Å². The number of piperazine rings is 1. The van der Waals surface area contributed by atoms with Crippen molar-refractivity contribution in [2.75, 3.05) is 38.5 Å². The highest BCUT2D eigenvalue weighted by molar-refractivity contribution is 6.35. The summed E-state index contributed by atoms with van der Waals surface area (Å²) in [5, 5.41) is 4.25. The molecular weight excluding hydrogens is 347 g/mol. The van der Waals surface area contributed by atoms with Crippen LogP contribution in [0.5, 0.6) is 0 Å². The highest BCUT2D eigenvalue weighted by Crippen LogP contribution is 2.27. The van der Waals surface area contributed by atoms with E-state index in [9.17, 15) is 4.79 Å². The predicted octanol–water partition coefficient (Wildman–Crippen LogP) is 3.52. The fourth-order valence-electron chi connectivity index (χ4n) is 2.52. The molecule has 0 atom stereocenters. The van der Waals surface area contributed by atoms with E-state index in [0.29, 0.717) is 27.1 Å². The zero-order chi connectivity index (χ0) is 17.1. The fraction of sp³-hybridized carbons (Fsp3) is 0.294. The maximum Gasteiger partial charge on any atom is 0.255 e. The molecule has 5 nitrogen and oxygen atoms in total. The second kappa shape index (κ2) is 7.38. The van der Waals surface area contributed by atoms with Crippen LogP contribution in [0.15, 0.2) is 36.5 Å². The normalized spacial score (nSPS) is 15.4. The minimum atomic E-state index is 0.0166. The lowest BCUT2D eigenvalue weighted by Gasteiger charge is -2.32. The molecule has 7 heteroatoms. The van der Waals surface area contributed by atoms with Crippen molar-refractivity contribution in [1.82, 2.24) is 14.8 Å². The zero-order valence-electron chi connectivity index (χ0n) is 13.3. The van der Waals surface area contributed by atoms with Gasteiger partial charge in [-0.1, -0.05) is 23.2 Å². The summed E-state index contributed by atoms with van der Waals surface area (Å²) in [6, 6.07) is 8.71. The van der Waals surface area contributed by atoms with Crippen molar-refractivity contribution >= 4 is 40.6 Å². The van der Waals surface area contributed by atoms with E-state index in [1.54, 1.807) is 36.5 Å². The molecular formula is C17H18Cl2N4O. The van der Waals surface area contributed by atoms with Crippen molar-refractivity contribution in [3.8, 4) is 0 Å². The first-order chi connectivity index (χ1) is 11.5. The number of benzene rings is 1. The molecule has 3 rings (SSSR count). The van der Waals surface area contributed by atoms with Gasteiger partial charge in [-0.25, -0.2) is 4.98 Å². The molecule has 2 aromatic rings. The van der Waals surface area contributed by atoms with Gasteiger partial charge in [0.1, 0.15) is 5.82 Å². The number of carbonyl (C=O) groups excluding carboxylic acids is 1. The van der Waals surface area contributed by atoms with Gasteiger partial charge >= 0.3 is 0 Å². The Bertz CT molecular complexity index is 728.